The normalized spacial score (nSPS) is 13.1. The van der Waals surface area contributed by atoms with Crippen LogP contribution in [-0.2, 0) is 13.0 Å². The first-order chi connectivity index (χ1) is 17.5. The second kappa shape index (κ2) is 9.61. The molecule has 182 valence electrons. The summed E-state index contributed by atoms with van der Waals surface area (Å²) >= 11 is 0. The maximum Gasteiger partial charge on any atom is 0.293 e. The van der Waals surface area contributed by atoms with Crippen molar-refractivity contribution in [1.29, 1.82) is 0 Å². The minimum absolute atomic E-state index is 0.00385. The summed E-state index contributed by atoms with van der Waals surface area (Å²) in [6.45, 7) is 1.05. The summed E-state index contributed by atoms with van der Waals surface area (Å²) in [7, 11) is 0. The van der Waals surface area contributed by atoms with Gasteiger partial charge in [-0.25, -0.2) is 10.1 Å². The number of amides is 1. The highest BCUT2D eigenvalue weighted by molar-refractivity contribution is 5.94. The molecule has 3 N–H and O–H groups in total. The second-order valence-electron chi connectivity index (χ2n) is 7.97. The zero-order valence-corrected chi connectivity index (χ0v) is 18.8. The highest BCUT2D eigenvalue weighted by Gasteiger charge is 2.27. The first-order valence-electron chi connectivity index (χ1n) is 10.9. The average molecular weight is 488 g/mol. The van der Waals surface area contributed by atoms with E-state index in [0.29, 0.717) is 11.3 Å². The molecule has 5 rings (SSSR count). The van der Waals surface area contributed by atoms with Gasteiger partial charge < -0.3 is 10.6 Å². The summed E-state index contributed by atoms with van der Waals surface area (Å²) < 4.78 is 6.03. The molecule has 1 aliphatic rings. The molecule has 0 radical (unpaired) electrons. The number of carbonyl (C=O) groups is 1. The number of nitro benzene ring substituents is 1. The number of anilines is 2. The number of aromatic nitrogens is 5. The average Bonchev–Trinajstić information content (AvgIpc) is 3.50. The third kappa shape index (κ3) is 4.46. The van der Waals surface area contributed by atoms with Crippen molar-refractivity contribution in [3.05, 3.63) is 81.2 Å². The molecule has 0 atom stereocenters. The molecule has 3 heterocycles. The number of carbonyl (C=O) groups excluding carboxylic acids is 1. The Hall–Kier alpha value is -5.14. The highest BCUT2D eigenvalue weighted by atomic mass is 16.6. The molecule has 1 amide bonds. The van der Waals surface area contributed by atoms with Crippen LogP contribution in [0.15, 0.2) is 58.3 Å². The number of hydrazone groups is 1. The van der Waals surface area contributed by atoms with Crippen molar-refractivity contribution in [3.8, 4) is 5.82 Å². The highest BCUT2D eigenvalue weighted by Crippen LogP contribution is 2.29. The van der Waals surface area contributed by atoms with Gasteiger partial charge in [-0.2, -0.15) is 9.78 Å². The van der Waals surface area contributed by atoms with Crippen LogP contribution in [0.4, 0.5) is 17.2 Å². The van der Waals surface area contributed by atoms with Crippen LogP contribution in [0.25, 0.3) is 5.82 Å². The number of benzene rings is 2. The second-order valence-corrected chi connectivity index (χ2v) is 7.97. The minimum atomic E-state index is -0.627. The standard InChI is InChI=1S/C22H20N10O4/c23-20-21(28-36-27-20)31-18(13-30-10-4-7-15-6-1-2-9-17(15)30)19(25-29-31)22(33)26-24-12-14-5-3-8-16(11-14)32(34)35/h1-3,5-6,8-9,11-12H,4,7,10,13H2,(H2,23,27)(H,26,33)/b24-12+. The van der Waals surface area contributed by atoms with Crippen molar-refractivity contribution >= 4 is 29.3 Å². The summed E-state index contributed by atoms with van der Waals surface area (Å²) in [4.78, 5) is 25.6. The Bertz CT molecular complexity index is 1460. The van der Waals surface area contributed by atoms with Gasteiger partial charge in [-0.3, -0.25) is 14.9 Å². The van der Waals surface area contributed by atoms with Crippen molar-refractivity contribution in [2.45, 2.75) is 19.4 Å². The number of nitrogens with zero attached hydrogens (tertiary/aromatic N) is 8. The predicted octanol–water partition coefficient (Wildman–Crippen LogP) is 1.86. The zero-order valence-electron chi connectivity index (χ0n) is 18.8. The molecule has 4 aromatic rings. The number of fused-ring (bicyclic) bond motifs is 1. The van der Waals surface area contributed by atoms with E-state index < -0.39 is 10.8 Å². The molecule has 0 fully saturated rings. The lowest BCUT2D eigenvalue weighted by molar-refractivity contribution is -0.384. The molecule has 14 nitrogen and oxygen atoms in total. The van der Waals surface area contributed by atoms with Crippen LogP contribution < -0.4 is 16.1 Å². The zero-order chi connectivity index (χ0) is 25.1. The van der Waals surface area contributed by atoms with E-state index in [4.69, 9.17) is 10.4 Å². The van der Waals surface area contributed by atoms with E-state index in [1.54, 1.807) is 6.07 Å². The quantitative estimate of drug-likeness (QED) is 0.221. The summed E-state index contributed by atoms with van der Waals surface area (Å²) in [5, 5.41) is 30.4. The number of hydrogen-bond donors (Lipinski definition) is 2. The van der Waals surface area contributed by atoms with Gasteiger partial charge in [0.05, 0.1) is 23.4 Å². The fraction of sp³-hybridized carbons (Fsp3) is 0.182. The van der Waals surface area contributed by atoms with Crippen LogP contribution in [0.2, 0.25) is 0 Å². The molecule has 0 saturated carbocycles. The van der Waals surface area contributed by atoms with Crippen molar-refractivity contribution in [2.75, 3.05) is 17.2 Å². The maximum absolute atomic E-state index is 13.0. The van der Waals surface area contributed by atoms with Crippen LogP contribution in [0.1, 0.15) is 33.7 Å². The number of nitrogens with two attached hydrogens (primary N) is 1. The third-order valence-corrected chi connectivity index (χ3v) is 5.68. The Morgan fingerprint density at radius 2 is 2.11 bits per heavy atom. The fourth-order valence-corrected chi connectivity index (χ4v) is 4.02. The SMILES string of the molecule is Nc1nonc1-n1nnc(C(=O)N/N=C/c2cccc([N+](=O)[O-])c2)c1CN1CCCc2ccccc21. The Morgan fingerprint density at radius 1 is 1.25 bits per heavy atom. The van der Waals surface area contributed by atoms with Gasteiger partial charge in [0.1, 0.15) is 0 Å². The van der Waals surface area contributed by atoms with E-state index in [9.17, 15) is 14.9 Å². The molecule has 1 aliphatic heterocycles. The van der Waals surface area contributed by atoms with E-state index in [0.717, 1.165) is 25.1 Å². The summed E-state index contributed by atoms with van der Waals surface area (Å²) in [5.74, 6) is -0.518. The molecule has 0 aliphatic carbocycles. The Morgan fingerprint density at radius 3 is 2.92 bits per heavy atom. The largest absolute Gasteiger partial charge is 0.378 e. The van der Waals surface area contributed by atoms with Gasteiger partial charge in [-0.1, -0.05) is 35.5 Å². The number of rotatable bonds is 7. The predicted molar refractivity (Wildman–Crippen MR) is 128 cm³/mol. The summed E-state index contributed by atoms with van der Waals surface area (Å²) in [6.07, 6.45) is 3.21. The smallest absolute Gasteiger partial charge is 0.293 e. The van der Waals surface area contributed by atoms with Crippen molar-refractivity contribution in [1.82, 2.24) is 30.7 Å². The minimum Gasteiger partial charge on any atom is -0.378 e. The molecule has 0 spiro atoms. The Labute approximate surface area is 203 Å². The summed E-state index contributed by atoms with van der Waals surface area (Å²) in [6, 6.07) is 13.9. The topological polar surface area (TPSA) is 183 Å². The molecule has 36 heavy (non-hydrogen) atoms. The Kier molecular flexibility index (Phi) is 6.05. The fourth-order valence-electron chi connectivity index (χ4n) is 4.02. The van der Waals surface area contributed by atoms with Gasteiger partial charge in [-0.15, -0.1) is 5.10 Å². The summed E-state index contributed by atoms with van der Waals surface area (Å²) in [5.41, 5.74) is 11.3. The van der Waals surface area contributed by atoms with Crippen molar-refractivity contribution in [2.24, 2.45) is 5.10 Å². The monoisotopic (exact) mass is 488 g/mol. The van der Waals surface area contributed by atoms with E-state index in [1.807, 2.05) is 18.2 Å². The van der Waals surface area contributed by atoms with Crippen LogP contribution in [0.5, 0.6) is 0 Å². The third-order valence-electron chi connectivity index (χ3n) is 5.68. The van der Waals surface area contributed by atoms with Gasteiger partial charge in [0, 0.05) is 29.9 Å². The molecular formula is C22H20N10O4. The number of nitro groups is 1. The van der Waals surface area contributed by atoms with E-state index >= 15 is 0 Å². The van der Waals surface area contributed by atoms with Gasteiger partial charge in [0.15, 0.2) is 5.69 Å². The van der Waals surface area contributed by atoms with Crippen LogP contribution in [-0.4, -0.2) is 48.9 Å². The van der Waals surface area contributed by atoms with Gasteiger partial charge >= 0.3 is 0 Å². The molecule has 0 unspecified atom stereocenters. The lowest BCUT2D eigenvalue weighted by Gasteiger charge is -2.31. The maximum atomic E-state index is 13.0. The van der Waals surface area contributed by atoms with Crippen molar-refractivity contribution < 1.29 is 14.3 Å². The lowest BCUT2D eigenvalue weighted by atomic mass is 10.0. The number of nitrogens with one attached hydrogen (secondary N) is 1. The number of para-hydroxylation sites is 1. The van der Waals surface area contributed by atoms with Crippen molar-refractivity contribution in [3.63, 3.8) is 0 Å². The van der Waals surface area contributed by atoms with Gasteiger partial charge in [0.2, 0.25) is 11.6 Å². The van der Waals surface area contributed by atoms with E-state index in [2.05, 4.69) is 42.1 Å². The number of non-ortho nitro benzene ring substituents is 1. The molecule has 14 heteroatoms. The molecular weight excluding hydrogens is 468 g/mol. The van der Waals surface area contributed by atoms with Crippen LogP contribution >= 0.6 is 0 Å². The van der Waals surface area contributed by atoms with Gasteiger partial charge in [-0.05, 0) is 34.8 Å². The van der Waals surface area contributed by atoms with E-state index in [-0.39, 0.29) is 29.6 Å². The first kappa shape index (κ1) is 22.6. The van der Waals surface area contributed by atoms with E-state index in [1.165, 1.54) is 34.7 Å². The molecule has 0 bridgehead atoms. The molecule has 2 aromatic heterocycles. The van der Waals surface area contributed by atoms with Crippen LogP contribution in [0.3, 0.4) is 0 Å². The lowest BCUT2D eigenvalue weighted by Crippen LogP contribution is -2.31. The molecule has 2 aromatic carbocycles. The van der Waals surface area contributed by atoms with Gasteiger partial charge in [0.25, 0.3) is 11.6 Å². The molecule has 0 saturated heterocycles. The first-order valence-corrected chi connectivity index (χ1v) is 10.9. The number of hydrogen-bond acceptors (Lipinski definition) is 11. The Balaban J connectivity index is 1.43. The number of nitrogen functional groups attached to an aromatic ring is 1. The number of aryl methyl sites for hydroxylation is 1. The van der Waals surface area contributed by atoms with Crippen LogP contribution in [0, 0.1) is 10.1 Å².